The number of ether oxygens (including phenoxy) is 2. The molecule has 8 nitrogen and oxygen atoms in total. The highest BCUT2D eigenvalue weighted by Gasteiger charge is 2.43. The van der Waals surface area contributed by atoms with Gasteiger partial charge in [-0.2, -0.15) is 18.3 Å². The van der Waals surface area contributed by atoms with E-state index in [-0.39, 0.29) is 11.4 Å². The highest BCUT2D eigenvalue weighted by molar-refractivity contribution is 5.73. The molecule has 4 rings (SSSR count). The van der Waals surface area contributed by atoms with E-state index in [2.05, 4.69) is 21.5 Å². The molecule has 2 aromatic rings. The normalized spacial score (nSPS) is 23.3. The van der Waals surface area contributed by atoms with E-state index < -0.39 is 12.1 Å². The van der Waals surface area contributed by atoms with Crippen LogP contribution >= 0.6 is 0 Å². The molecule has 0 radical (unpaired) electrons. The number of nitrogens with one attached hydrogen (secondary N) is 1. The zero-order chi connectivity index (χ0) is 24.8. The number of carboxylic acid groups (broad SMARTS) is 1. The van der Waals surface area contributed by atoms with Crippen molar-refractivity contribution in [2.75, 3.05) is 44.8 Å². The predicted octanol–water partition coefficient (Wildman–Crippen LogP) is 2.91. The van der Waals surface area contributed by atoms with Crippen molar-refractivity contribution in [3.63, 3.8) is 0 Å². The van der Waals surface area contributed by atoms with Crippen LogP contribution < -0.4 is 5.32 Å². The topological polar surface area (TPSA) is 88.9 Å². The average molecular weight is 488 g/mol. The summed E-state index contributed by atoms with van der Waals surface area (Å²) in [5.74, 6) is -2.59. The fourth-order valence-electron chi connectivity index (χ4n) is 4.07. The van der Waals surface area contributed by atoms with Crippen LogP contribution in [-0.2, 0) is 27.9 Å². The Morgan fingerprint density at radius 3 is 2.79 bits per heavy atom. The zero-order valence-corrected chi connectivity index (χ0v) is 18.7. The molecule has 1 aromatic heterocycles. The van der Waals surface area contributed by atoms with Crippen molar-refractivity contribution < 1.29 is 36.9 Å². The molecule has 0 aliphatic carbocycles. The molecule has 0 amide bonds. The van der Waals surface area contributed by atoms with Gasteiger partial charge in [0.1, 0.15) is 11.4 Å². The van der Waals surface area contributed by atoms with E-state index in [0.717, 1.165) is 44.9 Å². The lowest BCUT2D eigenvalue weighted by Crippen LogP contribution is -2.43. The third-order valence-electron chi connectivity index (χ3n) is 5.54. The molecule has 12 heteroatoms. The first-order valence-electron chi connectivity index (χ1n) is 10.8. The molecule has 2 fully saturated rings. The first-order chi connectivity index (χ1) is 16.0. The largest absolute Gasteiger partial charge is 0.490 e. The third kappa shape index (κ3) is 7.67. The number of alkyl halides is 3. The van der Waals surface area contributed by atoms with Crippen molar-refractivity contribution in [1.82, 2.24) is 14.7 Å². The molecule has 1 aromatic carbocycles. The van der Waals surface area contributed by atoms with Gasteiger partial charge in [0.25, 0.3) is 0 Å². The van der Waals surface area contributed by atoms with Crippen molar-refractivity contribution in [2.45, 2.75) is 24.7 Å². The number of carbonyl (C=O) groups is 1. The van der Waals surface area contributed by atoms with E-state index in [0.29, 0.717) is 19.1 Å². The predicted molar refractivity (Wildman–Crippen MR) is 115 cm³/mol. The smallest absolute Gasteiger partial charge is 0.475 e. The van der Waals surface area contributed by atoms with E-state index in [4.69, 9.17) is 19.4 Å². The monoisotopic (exact) mass is 488 g/mol. The van der Waals surface area contributed by atoms with E-state index in [1.54, 1.807) is 6.07 Å². The van der Waals surface area contributed by atoms with Gasteiger partial charge in [-0.15, -0.1) is 0 Å². The number of anilines is 1. The summed E-state index contributed by atoms with van der Waals surface area (Å²) in [4.78, 5) is 11.3. The quantitative estimate of drug-likeness (QED) is 0.626. The first kappa shape index (κ1) is 25.9. The van der Waals surface area contributed by atoms with Crippen LogP contribution in [0.25, 0.3) is 0 Å². The first-order valence-corrected chi connectivity index (χ1v) is 10.8. The maximum atomic E-state index is 13.3. The van der Waals surface area contributed by atoms with Gasteiger partial charge in [-0.1, -0.05) is 6.07 Å². The number of aliphatic carboxylic acids is 1. The lowest BCUT2D eigenvalue weighted by atomic mass is 9.94. The van der Waals surface area contributed by atoms with E-state index in [1.165, 1.54) is 17.7 Å². The molecular weight excluding hydrogens is 460 g/mol. The highest BCUT2D eigenvalue weighted by Crippen LogP contribution is 2.33. The number of halogens is 4. The van der Waals surface area contributed by atoms with E-state index in [1.807, 2.05) is 24.0 Å². The molecule has 2 saturated heterocycles. The molecular formula is C22H28F4N4O4. The van der Waals surface area contributed by atoms with E-state index >= 15 is 0 Å². The fraction of sp³-hybridized carbons (Fsp3) is 0.545. The number of aromatic nitrogens is 2. The number of aryl methyl sites for hydroxylation is 1. The minimum atomic E-state index is -5.08. The van der Waals surface area contributed by atoms with Crippen LogP contribution in [0.4, 0.5) is 23.2 Å². The molecule has 2 aliphatic rings. The van der Waals surface area contributed by atoms with Crippen molar-refractivity contribution in [3.8, 4) is 0 Å². The van der Waals surface area contributed by atoms with Crippen molar-refractivity contribution in [2.24, 2.45) is 13.0 Å². The van der Waals surface area contributed by atoms with Gasteiger partial charge in [-0.05, 0) is 24.6 Å². The van der Waals surface area contributed by atoms with Crippen molar-refractivity contribution in [1.29, 1.82) is 0 Å². The van der Waals surface area contributed by atoms with Crippen LogP contribution in [0, 0.1) is 11.7 Å². The fourth-order valence-corrected chi connectivity index (χ4v) is 4.07. The summed E-state index contributed by atoms with van der Waals surface area (Å²) in [6.45, 7) is 5.43. The third-order valence-corrected chi connectivity index (χ3v) is 5.54. The number of hydrogen-bond acceptors (Lipinski definition) is 6. The number of carboxylic acids is 1. The number of nitrogens with zero attached hydrogens (tertiary/aromatic N) is 3. The number of benzene rings is 1. The van der Waals surface area contributed by atoms with Gasteiger partial charge in [0.2, 0.25) is 0 Å². The van der Waals surface area contributed by atoms with Gasteiger partial charge >= 0.3 is 12.1 Å². The Bertz CT molecular complexity index is 955. The number of rotatable bonds is 5. The molecule has 1 spiro atoms. The van der Waals surface area contributed by atoms with Gasteiger partial charge < -0.3 is 19.9 Å². The molecule has 3 heterocycles. The van der Waals surface area contributed by atoms with Gasteiger partial charge in [0.15, 0.2) is 0 Å². The Morgan fingerprint density at radius 2 is 2.15 bits per heavy atom. The summed E-state index contributed by atoms with van der Waals surface area (Å²) < 4.78 is 59.0. The molecule has 2 aliphatic heterocycles. The van der Waals surface area contributed by atoms with Gasteiger partial charge in [0.05, 0.1) is 26.0 Å². The molecule has 0 bridgehead atoms. The summed E-state index contributed by atoms with van der Waals surface area (Å²) in [6.07, 6.45) is -0.169. The van der Waals surface area contributed by atoms with Crippen LogP contribution in [0.3, 0.4) is 0 Å². The standard InChI is InChI=1S/C20H27FN4O2.C2HF3O2/c1-24-11-17(10-23-24)12-25-5-6-26-15-20(14-25)8-16(13-27-20)9-22-19-4-2-3-18(21)7-19;3-2(4,5)1(6)7/h2-4,7,10-11,16,22H,5-6,8-9,12-15H2,1H3;(H,6,7). The maximum absolute atomic E-state index is 13.3. The summed E-state index contributed by atoms with van der Waals surface area (Å²) >= 11 is 0. The molecule has 2 unspecified atom stereocenters. The van der Waals surface area contributed by atoms with Crippen LogP contribution in [0.2, 0.25) is 0 Å². The van der Waals surface area contributed by atoms with Gasteiger partial charge in [-0.3, -0.25) is 9.58 Å². The molecule has 0 saturated carbocycles. The second-order valence-electron chi connectivity index (χ2n) is 8.54. The number of hydrogen-bond donors (Lipinski definition) is 2. The minimum absolute atomic E-state index is 0.220. The zero-order valence-electron chi connectivity index (χ0n) is 18.7. The Labute approximate surface area is 194 Å². The summed E-state index contributed by atoms with van der Waals surface area (Å²) in [6, 6.07) is 6.59. The Kier molecular flexibility index (Phi) is 8.50. The van der Waals surface area contributed by atoms with Crippen LogP contribution in [0.15, 0.2) is 36.7 Å². The van der Waals surface area contributed by atoms with Crippen molar-refractivity contribution >= 4 is 11.7 Å². The second-order valence-corrected chi connectivity index (χ2v) is 8.54. The average Bonchev–Trinajstić information content (AvgIpc) is 3.29. The lowest BCUT2D eigenvalue weighted by molar-refractivity contribution is -0.192. The minimum Gasteiger partial charge on any atom is -0.475 e. The molecule has 2 atom stereocenters. The Balaban J connectivity index is 0.000000406. The summed E-state index contributed by atoms with van der Waals surface area (Å²) in [5.41, 5.74) is 1.76. The lowest BCUT2D eigenvalue weighted by Gasteiger charge is -2.31. The molecule has 34 heavy (non-hydrogen) atoms. The SMILES string of the molecule is Cn1cc(CN2CCOCC3(CC(CNc4cccc(F)c4)CO3)C2)cn1.O=C(O)C(F)(F)F. The maximum Gasteiger partial charge on any atom is 0.490 e. The van der Waals surface area contributed by atoms with Gasteiger partial charge in [0, 0.05) is 56.6 Å². The second kappa shape index (κ2) is 11.2. The molecule has 188 valence electrons. The van der Waals surface area contributed by atoms with Crippen molar-refractivity contribution in [3.05, 3.63) is 48.0 Å². The molecule has 2 N–H and O–H groups in total. The Morgan fingerprint density at radius 1 is 1.38 bits per heavy atom. The van der Waals surface area contributed by atoms with Crippen LogP contribution in [0.1, 0.15) is 12.0 Å². The summed E-state index contributed by atoms with van der Waals surface area (Å²) in [5, 5.41) is 14.7. The van der Waals surface area contributed by atoms with Crippen LogP contribution in [-0.4, -0.2) is 77.0 Å². The van der Waals surface area contributed by atoms with Crippen LogP contribution in [0.5, 0.6) is 0 Å². The highest BCUT2D eigenvalue weighted by atomic mass is 19.4. The van der Waals surface area contributed by atoms with Gasteiger partial charge in [-0.25, -0.2) is 9.18 Å². The summed E-state index contributed by atoms with van der Waals surface area (Å²) in [7, 11) is 1.94. The van der Waals surface area contributed by atoms with E-state index in [9.17, 15) is 17.6 Å². The Hall–Kier alpha value is -2.70.